The van der Waals surface area contributed by atoms with Crippen molar-refractivity contribution in [1.29, 1.82) is 0 Å². The Morgan fingerprint density at radius 2 is 1.96 bits per heavy atom. The summed E-state index contributed by atoms with van der Waals surface area (Å²) in [5, 5.41) is 0. The number of benzene rings is 1. The number of carbonyl (C=O) groups is 1. The maximum Gasteiger partial charge on any atom is 0.254 e. The summed E-state index contributed by atoms with van der Waals surface area (Å²) in [4.78, 5) is 25.8. The Morgan fingerprint density at radius 1 is 1.12 bits per heavy atom. The second kappa shape index (κ2) is 6.70. The Kier molecular flexibility index (Phi) is 4.26. The van der Waals surface area contributed by atoms with Crippen LogP contribution >= 0.6 is 0 Å². The summed E-state index contributed by atoms with van der Waals surface area (Å²) in [6, 6.07) is 7.34. The van der Waals surface area contributed by atoms with Crippen molar-refractivity contribution in [2.75, 3.05) is 38.2 Å². The fourth-order valence-corrected chi connectivity index (χ4v) is 3.67. The molecule has 2 aliphatic rings. The first-order valence-electron chi connectivity index (χ1n) is 8.77. The standard InChI is InChI=1S/C19H22N4O2/c1-25-15-5-2-4-14(12-15)19(24)23-10-8-22(9-11-23)18-16-6-3-7-17(16)20-13-21-18/h2,4-5,12-13H,3,6-11H2,1H3. The van der Waals surface area contributed by atoms with Gasteiger partial charge in [-0.15, -0.1) is 0 Å². The average molecular weight is 338 g/mol. The lowest BCUT2D eigenvalue weighted by Gasteiger charge is -2.36. The van der Waals surface area contributed by atoms with Crippen LogP contribution in [-0.2, 0) is 12.8 Å². The number of piperazine rings is 1. The average Bonchev–Trinajstić information content (AvgIpc) is 3.16. The van der Waals surface area contributed by atoms with E-state index in [-0.39, 0.29) is 5.91 Å². The lowest BCUT2D eigenvalue weighted by atomic mass is 10.1. The molecule has 0 radical (unpaired) electrons. The second-order valence-electron chi connectivity index (χ2n) is 6.49. The first-order valence-corrected chi connectivity index (χ1v) is 8.77. The van der Waals surface area contributed by atoms with Gasteiger partial charge in [-0.05, 0) is 37.5 Å². The van der Waals surface area contributed by atoms with Gasteiger partial charge in [0.1, 0.15) is 17.9 Å². The van der Waals surface area contributed by atoms with Gasteiger partial charge < -0.3 is 14.5 Å². The zero-order valence-electron chi connectivity index (χ0n) is 14.4. The highest BCUT2D eigenvalue weighted by molar-refractivity contribution is 5.94. The van der Waals surface area contributed by atoms with Crippen LogP contribution in [0.1, 0.15) is 28.0 Å². The number of aromatic nitrogens is 2. The van der Waals surface area contributed by atoms with E-state index in [9.17, 15) is 4.79 Å². The van der Waals surface area contributed by atoms with Crippen molar-refractivity contribution >= 4 is 11.7 Å². The number of methoxy groups -OCH3 is 1. The molecule has 1 aromatic heterocycles. The molecule has 1 saturated heterocycles. The van der Waals surface area contributed by atoms with Crippen LogP contribution in [-0.4, -0.2) is 54.1 Å². The van der Waals surface area contributed by atoms with Crippen molar-refractivity contribution in [2.45, 2.75) is 19.3 Å². The third-order valence-electron chi connectivity index (χ3n) is 5.04. The molecule has 0 N–H and O–H groups in total. The maximum atomic E-state index is 12.7. The highest BCUT2D eigenvalue weighted by Crippen LogP contribution is 2.28. The minimum atomic E-state index is 0.0615. The van der Waals surface area contributed by atoms with Crippen molar-refractivity contribution < 1.29 is 9.53 Å². The van der Waals surface area contributed by atoms with E-state index in [1.165, 1.54) is 11.3 Å². The van der Waals surface area contributed by atoms with E-state index in [2.05, 4.69) is 14.9 Å². The summed E-state index contributed by atoms with van der Waals surface area (Å²) < 4.78 is 5.22. The number of hydrogen-bond acceptors (Lipinski definition) is 5. The highest BCUT2D eigenvalue weighted by Gasteiger charge is 2.26. The zero-order valence-corrected chi connectivity index (χ0v) is 14.4. The first-order chi connectivity index (χ1) is 12.3. The Bertz CT molecular complexity index is 785. The van der Waals surface area contributed by atoms with E-state index in [1.807, 2.05) is 23.1 Å². The maximum absolute atomic E-state index is 12.7. The molecule has 0 bridgehead atoms. The van der Waals surface area contributed by atoms with E-state index in [4.69, 9.17) is 4.74 Å². The van der Waals surface area contributed by atoms with E-state index in [0.717, 1.165) is 38.2 Å². The largest absolute Gasteiger partial charge is 0.497 e. The Hall–Kier alpha value is -2.63. The summed E-state index contributed by atoms with van der Waals surface area (Å²) in [5.74, 6) is 1.84. The molecule has 25 heavy (non-hydrogen) atoms. The number of amides is 1. The molecule has 0 spiro atoms. The molecule has 1 fully saturated rings. The normalized spacial score (nSPS) is 16.7. The van der Waals surface area contributed by atoms with Gasteiger partial charge in [0, 0.05) is 43.0 Å². The van der Waals surface area contributed by atoms with Crippen molar-refractivity contribution in [2.24, 2.45) is 0 Å². The number of ether oxygens (including phenoxy) is 1. The molecule has 6 nitrogen and oxygen atoms in total. The molecule has 0 atom stereocenters. The fourth-order valence-electron chi connectivity index (χ4n) is 3.67. The van der Waals surface area contributed by atoms with Crippen LogP contribution in [0.2, 0.25) is 0 Å². The van der Waals surface area contributed by atoms with Gasteiger partial charge in [-0.1, -0.05) is 6.07 Å². The summed E-state index contributed by atoms with van der Waals surface area (Å²) in [6.45, 7) is 3.02. The lowest BCUT2D eigenvalue weighted by molar-refractivity contribution is 0.0746. The Balaban J connectivity index is 1.45. The number of anilines is 1. The quantitative estimate of drug-likeness (QED) is 0.856. The van der Waals surface area contributed by atoms with Gasteiger partial charge >= 0.3 is 0 Å². The van der Waals surface area contributed by atoms with Gasteiger partial charge in [0.25, 0.3) is 5.91 Å². The highest BCUT2D eigenvalue weighted by atomic mass is 16.5. The van der Waals surface area contributed by atoms with Crippen LogP contribution < -0.4 is 9.64 Å². The Morgan fingerprint density at radius 3 is 2.76 bits per heavy atom. The van der Waals surface area contributed by atoms with Crippen molar-refractivity contribution in [3.63, 3.8) is 0 Å². The monoisotopic (exact) mass is 338 g/mol. The van der Waals surface area contributed by atoms with Gasteiger partial charge in [-0.3, -0.25) is 4.79 Å². The molecule has 1 amide bonds. The third-order valence-corrected chi connectivity index (χ3v) is 5.04. The van der Waals surface area contributed by atoms with Gasteiger partial charge in [0.15, 0.2) is 0 Å². The summed E-state index contributed by atoms with van der Waals surface area (Å²) >= 11 is 0. The fraction of sp³-hybridized carbons (Fsp3) is 0.421. The smallest absolute Gasteiger partial charge is 0.254 e. The number of fused-ring (bicyclic) bond motifs is 1. The third kappa shape index (κ3) is 3.04. The molecule has 1 aromatic carbocycles. The molecule has 0 saturated carbocycles. The van der Waals surface area contributed by atoms with Crippen LogP contribution in [0.15, 0.2) is 30.6 Å². The Labute approximate surface area is 147 Å². The van der Waals surface area contributed by atoms with Gasteiger partial charge in [0.2, 0.25) is 0 Å². The minimum absolute atomic E-state index is 0.0615. The number of nitrogens with zero attached hydrogens (tertiary/aromatic N) is 4. The van der Waals surface area contributed by atoms with Crippen molar-refractivity contribution in [3.8, 4) is 5.75 Å². The molecule has 2 aromatic rings. The second-order valence-corrected chi connectivity index (χ2v) is 6.49. The SMILES string of the molecule is COc1cccc(C(=O)N2CCN(c3ncnc4c3CCC4)CC2)c1. The molecule has 130 valence electrons. The summed E-state index contributed by atoms with van der Waals surface area (Å²) in [5.41, 5.74) is 3.17. The van der Waals surface area contributed by atoms with Crippen molar-refractivity contribution in [3.05, 3.63) is 47.4 Å². The summed E-state index contributed by atoms with van der Waals surface area (Å²) in [7, 11) is 1.61. The topological polar surface area (TPSA) is 58.6 Å². The number of hydrogen-bond donors (Lipinski definition) is 0. The molecule has 6 heteroatoms. The number of rotatable bonds is 3. The molecule has 4 rings (SSSR count). The van der Waals surface area contributed by atoms with E-state index >= 15 is 0 Å². The van der Waals surface area contributed by atoms with Crippen LogP contribution in [0.25, 0.3) is 0 Å². The molecule has 1 aliphatic heterocycles. The van der Waals surface area contributed by atoms with Gasteiger partial charge in [0.05, 0.1) is 7.11 Å². The van der Waals surface area contributed by atoms with Gasteiger partial charge in [-0.2, -0.15) is 0 Å². The first kappa shape index (κ1) is 15.9. The van der Waals surface area contributed by atoms with Crippen LogP contribution in [0.3, 0.4) is 0 Å². The van der Waals surface area contributed by atoms with E-state index < -0.39 is 0 Å². The zero-order chi connectivity index (χ0) is 17.2. The van der Waals surface area contributed by atoms with Crippen LogP contribution in [0.5, 0.6) is 5.75 Å². The predicted octanol–water partition coefficient (Wildman–Crippen LogP) is 1.94. The number of aryl methyl sites for hydroxylation is 1. The predicted molar refractivity (Wildman–Crippen MR) is 95.2 cm³/mol. The van der Waals surface area contributed by atoms with Crippen LogP contribution in [0.4, 0.5) is 5.82 Å². The van der Waals surface area contributed by atoms with E-state index in [1.54, 1.807) is 19.5 Å². The van der Waals surface area contributed by atoms with Crippen molar-refractivity contribution in [1.82, 2.24) is 14.9 Å². The summed E-state index contributed by atoms with van der Waals surface area (Å²) in [6.07, 6.45) is 4.95. The lowest BCUT2D eigenvalue weighted by Crippen LogP contribution is -2.49. The molecule has 1 aliphatic carbocycles. The van der Waals surface area contributed by atoms with Crippen LogP contribution in [0, 0.1) is 0 Å². The van der Waals surface area contributed by atoms with Gasteiger partial charge in [-0.25, -0.2) is 9.97 Å². The number of carbonyl (C=O) groups excluding carboxylic acids is 1. The molecular formula is C19H22N4O2. The molecule has 2 heterocycles. The minimum Gasteiger partial charge on any atom is -0.497 e. The molecular weight excluding hydrogens is 316 g/mol. The molecule has 0 unspecified atom stereocenters. The van der Waals surface area contributed by atoms with E-state index in [0.29, 0.717) is 24.4 Å².